The summed E-state index contributed by atoms with van der Waals surface area (Å²) in [7, 11) is 0. The van der Waals surface area contributed by atoms with Crippen LogP contribution in [-0.2, 0) is 6.61 Å². The maximum Gasteiger partial charge on any atom is 0.183 e. The number of anilines is 2. The van der Waals surface area contributed by atoms with Crippen LogP contribution in [0.5, 0.6) is 5.75 Å². The van der Waals surface area contributed by atoms with E-state index in [0.29, 0.717) is 17.1 Å². The van der Waals surface area contributed by atoms with Crippen molar-refractivity contribution in [1.82, 2.24) is 9.97 Å². The molecule has 0 aliphatic carbocycles. The Bertz CT molecular complexity index is 875. The SMILES string of the molecule is N#Cc1nccnc1Nc1ccc(OCc2ccccc2F)cc1. The molecule has 0 bridgehead atoms. The third kappa shape index (κ3) is 3.65. The van der Waals surface area contributed by atoms with Crippen LogP contribution in [0.4, 0.5) is 15.9 Å². The third-order valence-corrected chi connectivity index (χ3v) is 3.27. The summed E-state index contributed by atoms with van der Waals surface area (Å²) < 4.78 is 19.1. The molecule has 0 radical (unpaired) electrons. The fraction of sp³-hybridized carbons (Fsp3) is 0.0556. The maximum atomic E-state index is 13.5. The van der Waals surface area contributed by atoms with Gasteiger partial charge in [0.25, 0.3) is 0 Å². The zero-order valence-electron chi connectivity index (χ0n) is 12.6. The first kappa shape index (κ1) is 15.4. The average molecular weight is 320 g/mol. The number of nitriles is 1. The van der Waals surface area contributed by atoms with Crippen molar-refractivity contribution in [2.24, 2.45) is 0 Å². The number of benzene rings is 2. The van der Waals surface area contributed by atoms with E-state index < -0.39 is 0 Å². The van der Waals surface area contributed by atoms with Gasteiger partial charge in [-0.05, 0) is 30.3 Å². The van der Waals surface area contributed by atoms with Gasteiger partial charge >= 0.3 is 0 Å². The molecular formula is C18H13FN4O. The van der Waals surface area contributed by atoms with Gasteiger partial charge in [-0.2, -0.15) is 5.26 Å². The van der Waals surface area contributed by atoms with Gasteiger partial charge in [0, 0.05) is 23.6 Å². The van der Waals surface area contributed by atoms with Crippen molar-refractivity contribution in [3.05, 3.63) is 78.0 Å². The average Bonchev–Trinajstić information content (AvgIpc) is 2.63. The Morgan fingerprint density at radius 3 is 2.54 bits per heavy atom. The molecule has 0 aliphatic rings. The van der Waals surface area contributed by atoms with Crippen LogP contribution in [0.25, 0.3) is 0 Å². The van der Waals surface area contributed by atoms with E-state index >= 15 is 0 Å². The van der Waals surface area contributed by atoms with E-state index in [0.717, 1.165) is 5.69 Å². The summed E-state index contributed by atoms with van der Waals surface area (Å²) in [6.45, 7) is 0.155. The number of nitrogens with one attached hydrogen (secondary N) is 1. The zero-order valence-corrected chi connectivity index (χ0v) is 12.6. The number of hydrogen-bond acceptors (Lipinski definition) is 5. The Kier molecular flexibility index (Phi) is 4.63. The first-order chi connectivity index (χ1) is 11.8. The smallest absolute Gasteiger partial charge is 0.183 e. The van der Waals surface area contributed by atoms with Crippen LogP contribution in [0.15, 0.2) is 60.9 Å². The van der Waals surface area contributed by atoms with Gasteiger partial charge in [-0.25, -0.2) is 14.4 Å². The summed E-state index contributed by atoms with van der Waals surface area (Å²) in [5.74, 6) is 0.714. The van der Waals surface area contributed by atoms with Crippen LogP contribution in [-0.4, -0.2) is 9.97 Å². The molecule has 0 spiro atoms. The van der Waals surface area contributed by atoms with E-state index in [9.17, 15) is 4.39 Å². The number of nitrogens with zero attached hydrogens (tertiary/aromatic N) is 3. The minimum Gasteiger partial charge on any atom is -0.489 e. The molecule has 3 rings (SSSR count). The second-order valence-corrected chi connectivity index (χ2v) is 4.89. The Hall–Kier alpha value is -3.46. The number of hydrogen-bond donors (Lipinski definition) is 1. The predicted octanol–water partition coefficient (Wildman–Crippen LogP) is 3.81. The van der Waals surface area contributed by atoms with Gasteiger partial charge in [-0.3, -0.25) is 0 Å². The fourth-order valence-electron chi connectivity index (χ4n) is 2.06. The lowest BCUT2D eigenvalue weighted by Crippen LogP contribution is -2.00. The first-order valence-corrected chi connectivity index (χ1v) is 7.20. The lowest BCUT2D eigenvalue weighted by Gasteiger charge is -2.09. The molecule has 1 N–H and O–H groups in total. The monoisotopic (exact) mass is 320 g/mol. The van der Waals surface area contributed by atoms with Crippen molar-refractivity contribution in [2.45, 2.75) is 6.61 Å². The summed E-state index contributed by atoms with van der Waals surface area (Å²) in [4.78, 5) is 8.02. The molecule has 0 saturated carbocycles. The second-order valence-electron chi connectivity index (χ2n) is 4.89. The van der Waals surface area contributed by atoms with Gasteiger partial charge in [0.05, 0.1) is 0 Å². The van der Waals surface area contributed by atoms with E-state index in [1.54, 1.807) is 42.5 Å². The molecule has 0 unspecified atom stereocenters. The Morgan fingerprint density at radius 1 is 1.04 bits per heavy atom. The fourth-order valence-corrected chi connectivity index (χ4v) is 2.06. The highest BCUT2D eigenvalue weighted by atomic mass is 19.1. The summed E-state index contributed by atoms with van der Waals surface area (Å²) in [6.07, 6.45) is 2.97. The van der Waals surface area contributed by atoms with E-state index in [4.69, 9.17) is 10.00 Å². The van der Waals surface area contributed by atoms with Crippen molar-refractivity contribution in [1.29, 1.82) is 5.26 Å². The highest BCUT2D eigenvalue weighted by Gasteiger charge is 2.05. The highest BCUT2D eigenvalue weighted by molar-refractivity contribution is 5.61. The molecule has 1 heterocycles. The molecule has 2 aromatic carbocycles. The van der Waals surface area contributed by atoms with Crippen LogP contribution >= 0.6 is 0 Å². The maximum absolute atomic E-state index is 13.5. The number of rotatable bonds is 5. The summed E-state index contributed by atoms with van der Waals surface area (Å²) in [6, 6.07) is 15.5. The van der Waals surface area contributed by atoms with Crippen molar-refractivity contribution < 1.29 is 9.13 Å². The molecule has 0 saturated heterocycles. The van der Waals surface area contributed by atoms with Crippen LogP contribution in [0.2, 0.25) is 0 Å². The van der Waals surface area contributed by atoms with E-state index in [1.165, 1.54) is 18.5 Å². The molecular weight excluding hydrogens is 307 g/mol. The van der Waals surface area contributed by atoms with E-state index in [1.807, 2.05) is 6.07 Å². The minimum atomic E-state index is -0.289. The van der Waals surface area contributed by atoms with Gasteiger partial charge in [0.2, 0.25) is 0 Å². The Morgan fingerprint density at radius 2 is 1.79 bits per heavy atom. The van der Waals surface area contributed by atoms with E-state index in [-0.39, 0.29) is 18.1 Å². The Balaban J connectivity index is 1.65. The van der Waals surface area contributed by atoms with Gasteiger partial charge < -0.3 is 10.1 Å². The summed E-state index contributed by atoms with van der Waals surface area (Å²) in [5.41, 5.74) is 1.46. The summed E-state index contributed by atoms with van der Waals surface area (Å²) >= 11 is 0. The Labute approximate surface area is 138 Å². The standard InChI is InChI=1S/C18H13FN4O/c19-16-4-2-1-3-13(16)12-24-15-7-5-14(6-8-15)23-18-17(11-20)21-9-10-22-18/h1-10H,12H2,(H,22,23). The van der Waals surface area contributed by atoms with Crippen LogP contribution in [0.3, 0.4) is 0 Å². The van der Waals surface area contributed by atoms with Crippen molar-refractivity contribution in [3.63, 3.8) is 0 Å². The normalized spacial score (nSPS) is 10.0. The van der Waals surface area contributed by atoms with Crippen molar-refractivity contribution in [2.75, 3.05) is 5.32 Å². The largest absolute Gasteiger partial charge is 0.489 e. The molecule has 118 valence electrons. The molecule has 24 heavy (non-hydrogen) atoms. The zero-order chi connectivity index (χ0) is 16.8. The summed E-state index contributed by atoms with van der Waals surface area (Å²) in [5, 5.41) is 12.0. The van der Waals surface area contributed by atoms with E-state index in [2.05, 4.69) is 15.3 Å². The highest BCUT2D eigenvalue weighted by Crippen LogP contribution is 2.21. The number of ether oxygens (including phenoxy) is 1. The molecule has 6 heteroatoms. The number of halogens is 1. The van der Waals surface area contributed by atoms with Gasteiger partial charge in [0.1, 0.15) is 24.2 Å². The van der Waals surface area contributed by atoms with Gasteiger partial charge in [0.15, 0.2) is 11.5 Å². The van der Waals surface area contributed by atoms with Crippen LogP contribution in [0, 0.1) is 17.1 Å². The molecule has 0 fully saturated rings. The number of aromatic nitrogens is 2. The minimum absolute atomic E-state index is 0.155. The predicted molar refractivity (Wildman–Crippen MR) is 87.2 cm³/mol. The molecule has 5 nitrogen and oxygen atoms in total. The molecule has 0 atom stereocenters. The van der Waals surface area contributed by atoms with Crippen molar-refractivity contribution in [3.8, 4) is 11.8 Å². The lowest BCUT2D eigenvalue weighted by atomic mass is 10.2. The second kappa shape index (κ2) is 7.20. The first-order valence-electron chi connectivity index (χ1n) is 7.20. The topological polar surface area (TPSA) is 70.8 Å². The van der Waals surface area contributed by atoms with Gasteiger partial charge in [-0.1, -0.05) is 18.2 Å². The third-order valence-electron chi connectivity index (χ3n) is 3.27. The van der Waals surface area contributed by atoms with Gasteiger partial charge in [-0.15, -0.1) is 0 Å². The van der Waals surface area contributed by atoms with Crippen LogP contribution in [0.1, 0.15) is 11.3 Å². The molecule has 0 amide bonds. The van der Waals surface area contributed by atoms with Crippen molar-refractivity contribution >= 4 is 11.5 Å². The lowest BCUT2D eigenvalue weighted by molar-refractivity contribution is 0.300. The molecule has 3 aromatic rings. The quantitative estimate of drug-likeness (QED) is 0.774. The van der Waals surface area contributed by atoms with Crippen LogP contribution < -0.4 is 10.1 Å². The molecule has 0 aliphatic heterocycles. The molecule has 1 aromatic heterocycles.